The lowest BCUT2D eigenvalue weighted by molar-refractivity contribution is -0.141. The van der Waals surface area contributed by atoms with E-state index in [1.54, 1.807) is 30.3 Å². The van der Waals surface area contributed by atoms with Crippen LogP contribution in [0.4, 0.5) is 5.69 Å². The number of rotatable bonds is 7. The predicted molar refractivity (Wildman–Crippen MR) is 103 cm³/mol. The first kappa shape index (κ1) is 20.8. The van der Waals surface area contributed by atoms with Gasteiger partial charge in [-0.15, -0.1) is 0 Å². The summed E-state index contributed by atoms with van der Waals surface area (Å²) in [4.78, 5) is 37.8. The van der Waals surface area contributed by atoms with Crippen LogP contribution in [0.1, 0.15) is 27.6 Å². The maximum atomic E-state index is 12.9. The molecule has 148 valence electrons. The van der Waals surface area contributed by atoms with E-state index in [-0.39, 0.29) is 17.0 Å². The van der Waals surface area contributed by atoms with E-state index in [2.05, 4.69) is 5.32 Å². The summed E-state index contributed by atoms with van der Waals surface area (Å²) in [6.45, 7) is 1.39. The van der Waals surface area contributed by atoms with Gasteiger partial charge in [0.25, 0.3) is 11.8 Å². The number of methoxy groups -OCH3 is 2. The van der Waals surface area contributed by atoms with Crippen LogP contribution in [-0.4, -0.2) is 55.1 Å². The lowest BCUT2D eigenvalue weighted by Gasteiger charge is -2.23. The highest BCUT2D eigenvalue weighted by molar-refractivity contribution is 6.09. The second kappa shape index (κ2) is 8.90. The maximum absolute atomic E-state index is 12.9. The highest BCUT2D eigenvalue weighted by Gasteiger charge is 2.27. The van der Waals surface area contributed by atoms with Gasteiger partial charge in [-0.25, -0.2) is 4.79 Å². The Kier molecular flexibility index (Phi) is 6.59. The van der Waals surface area contributed by atoms with Crippen molar-refractivity contribution < 1.29 is 29.0 Å². The van der Waals surface area contributed by atoms with Crippen molar-refractivity contribution in [1.82, 2.24) is 4.90 Å². The molecule has 2 aromatic rings. The number of nitrogens with one attached hydrogen (secondary N) is 1. The summed E-state index contributed by atoms with van der Waals surface area (Å²) >= 11 is 0. The summed E-state index contributed by atoms with van der Waals surface area (Å²) in [6, 6.07) is 10.3. The molecule has 0 aromatic heterocycles. The Bertz CT molecular complexity index is 882. The minimum Gasteiger partial charge on any atom is -0.493 e. The zero-order valence-electron chi connectivity index (χ0n) is 16.1. The average molecular weight is 386 g/mol. The van der Waals surface area contributed by atoms with Crippen molar-refractivity contribution in [3.05, 3.63) is 53.6 Å². The fourth-order valence-electron chi connectivity index (χ4n) is 2.47. The van der Waals surface area contributed by atoms with Crippen LogP contribution in [0.2, 0.25) is 0 Å². The molecule has 8 heteroatoms. The number of ether oxygens (including phenoxy) is 2. The minimum absolute atomic E-state index is 0.0810. The van der Waals surface area contributed by atoms with Crippen LogP contribution in [0.25, 0.3) is 0 Å². The van der Waals surface area contributed by atoms with E-state index in [1.165, 1.54) is 40.3 Å². The SMILES string of the molecule is COc1cc(NC(=O)c2ccccc2)c(C(=O)N(C)C(C)C(=O)O)cc1OC. The number of amides is 2. The number of aliphatic carboxylic acids is 1. The van der Waals surface area contributed by atoms with Gasteiger partial charge in [0.15, 0.2) is 11.5 Å². The highest BCUT2D eigenvalue weighted by atomic mass is 16.5. The molecule has 0 bridgehead atoms. The van der Waals surface area contributed by atoms with Gasteiger partial charge >= 0.3 is 5.97 Å². The average Bonchev–Trinajstić information content (AvgIpc) is 2.72. The van der Waals surface area contributed by atoms with Crippen molar-refractivity contribution in [2.24, 2.45) is 0 Å². The Morgan fingerprint density at radius 3 is 2.14 bits per heavy atom. The molecule has 0 aliphatic rings. The molecule has 0 saturated heterocycles. The van der Waals surface area contributed by atoms with Crippen molar-refractivity contribution in [3.63, 3.8) is 0 Å². The van der Waals surface area contributed by atoms with Gasteiger partial charge in [0.1, 0.15) is 6.04 Å². The van der Waals surface area contributed by atoms with Crippen LogP contribution in [0.3, 0.4) is 0 Å². The molecule has 2 aromatic carbocycles. The third-order valence-corrected chi connectivity index (χ3v) is 4.30. The van der Waals surface area contributed by atoms with Crippen LogP contribution < -0.4 is 14.8 Å². The molecular weight excluding hydrogens is 364 g/mol. The van der Waals surface area contributed by atoms with Gasteiger partial charge in [-0.1, -0.05) is 18.2 Å². The fourth-order valence-corrected chi connectivity index (χ4v) is 2.47. The van der Waals surface area contributed by atoms with E-state index in [4.69, 9.17) is 9.47 Å². The number of carboxylic acids is 1. The molecule has 0 radical (unpaired) electrons. The summed E-state index contributed by atoms with van der Waals surface area (Å²) < 4.78 is 10.5. The molecule has 1 unspecified atom stereocenters. The number of hydrogen-bond donors (Lipinski definition) is 2. The monoisotopic (exact) mass is 386 g/mol. The van der Waals surface area contributed by atoms with Gasteiger partial charge in [0, 0.05) is 18.7 Å². The number of carbonyl (C=O) groups excluding carboxylic acids is 2. The Morgan fingerprint density at radius 1 is 1.04 bits per heavy atom. The van der Waals surface area contributed by atoms with E-state index in [0.29, 0.717) is 11.3 Å². The van der Waals surface area contributed by atoms with Gasteiger partial charge in [-0.2, -0.15) is 0 Å². The zero-order chi connectivity index (χ0) is 20.8. The Hall–Kier alpha value is -3.55. The van der Waals surface area contributed by atoms with Crippen LogP contribution in [0, 0.1) is 0 Å². The molecule has 0 aliphatic carbocycles. The van der Waals surface area contributed by atoms with E-state index >= 15 is 0 Å². The summed E-state index contributed by atoms with van der Waals surface area (Å²) in [6.07, 6.45) is 0. The molecule has 2 rings (SSSR count). The molecule has 0 aliphatic heterocycles. The number of carbonyl (C=O) groups is 3. The number of likely N-dealkylation sites (N-methyl/N-ethyl adjacent to an activating group) is 1. The third kappa shape index (κ3) is 4.40. The molecule has 2 N–H and O–H groups in total. The topological polar surface area (TPSA) is 105 Å². The first-order valence-electron chi connectivity index (χ1n) is 8.42. The molecular formula is C20H22N2O6. The molecule has 0 spiro atoms. The lowest BCUT2D eigenvalue weighted by Crippen LogP contribution is -2.40. The van der Waals surface area contributed by atoms with Crippen molar-refractivity contribution in [1.29, 1.82) is 0 Å². The van der Waals surface area contributed by atoms with Crippen molar-refractivity contribution in [3.8, 4) is 11.5 Å². The molecule has 0 heterocycles. The molecule has 28 heavy (non-hydrogen) atoms. The van der Waals surface area contributed by atoms with Crippen molar-refractivity contribution in [2.45, 2.75) is 13.0 Å². The second-order valence-corrected chi connectivity index (χ2v) is 6.00. The first-order chi connectivity index (χ1) is 13.3. The van der Waals surface area contributed by atoms with Gasteiger partial charge < -0.3 is 24.8 Å². The highest BCUT2D eigenvalue weighted by Crippen LogP contribution is 2.34. The van der Waals surface area contributed by atoms with E-state index in [1.807, 2.05) is 0 Å². The van der Waals surface area contributed by atoms with Gasteiger partial charge in [-0.05, 0) is 25.1 Å². The number of anilines is 1. The number of carboxylic acid groups (broad SMARTS) is 1. The Balaban J connectivity index is 2.49. The van der Waals surface area contributed by atoms with Crippen LogP contribution in [0.5, 0.6) is 11.5 Å². The van der Waals surface area contributed by atoms with Crippen LogP contribution >= 0.6 is 0 Å². The summed E-state index contributed by atoms with van der Waals surface area (Å²) in [7, 11) is 4.22. The quantitative estimate of drug-likeness (QED) is 0.758. The maximum Gasteiger partial charge on any atom is 0.326 e. The number of nitrogens with zero attached hydrogens (tertiary/aromatic N) is 1. The number of hydrogen-bond acceptors (Lipinski definition) is 5. The zero-order valence-corrected chi connectivity index (χ0v) is 16.1. The molecule has 2 amide bonds. The number of benzene rings is 2. The lowest BCUT2D eigenvalue weighted by atomic mass is 10.1. The van der Waals surface area contributed by atoms with Gasteiger partial charge in [0.05, 0.1) is 25.5 Å². The van der Waals surface area contributed by atoms with E-state index < -0.39 is 23.8 Å². The Morgan fingerprint density at radius 2 is 1.61 bits per heavy atom. The summed E-state index contributed by atoms with van der Waals surface area (Å²) in [5, 5.41) is 11.9. The van der Waals surface area contributed by atoms with Crippen LogP contribution in [-0.2, 0) is 4.79 Å². The standard InChI is InChI=1S/C20H22N2O6/c1-12(20(25)26)22(2)19(24)14-10-16(27-3)17(28-4)11-15(14)21-18(23)13-8-6-5-7-9-13/h5-12H,1-4H3,(H,21,23)(H,25,26). The smallest absolute Gasteiger partial charge is 0.326 e. The molecule has 8 nitrogen and oxygen atoms in total. The van der Waals surface area contributed by atoms with Gasteiger partial charge in [-0.3, -0.25) is 9.59 Å². The van der Waals surface area contributed by atoms with Gasteiger partial charge in [0.2, 0.25) is 0 Å². The van der Waals surface area contributed by atoms with Crippen molar-refractivity contribution in [2.75, 3.05) is 26.6 Å². The Labute approximate surface area is 162 Å². The largest absolute Gasteiger partial charge is 0.493 e. The minimum atomic E-state index is -1.15. The molecule has 0 fully saturated rings. The predicted octanol–water partition coefficient (Wildman–Crippen LogP) is 2.50. The van der Waals surface area contributed by atoms with E-state index in [0.717, 1.165) is 4.90 Å². The third-order valence-electron chi connectivity index (χ3n) is 4.30. The van der Waals surface area contributed by atoms with E-state index in [9.17, 15) is 19.5 Å². The van der Waals surface area contributed by atoms with Crippen molar-refractivity contribution >= 4 is 23.5 Å². The molecule has 1 atom stereocenters. The summed E-state index contributed by atoms with van der Waals surface area (Å²) in [5.41, 5.74) is 0.668. The summed E-state index contributed by atoms with van der Waals surface area (Å²) in [5.74, 6) is -1.56. The fraction of sp³-hybridized carbons (Fsp3) is 0.250. The second-order valence-electron chi connectivity index (χ2n) is 6.00. The molecule has 0 saturated carbocycles. The van der Waals surface area contributed by atoms with Crippen LogP contribution in [0.15, 0.2) is 42.5 Å². The first-order valence-corrected chi connectivity index (χ1v) is 8.42. The normalized spacial score (nSPS) is 11.3.